The molecule has 0 aliphatic carbocycles. The second-order valence-corrected chi connectivity index (χ2v) is 6.36. The maximum Gasteiger partial charge on any atom is 0.133 e. The number of halogens is 2. The average Bonchev–Trinajstić information content (AvgIpc) is 2.29. The fourth-order valence-electron chi connectivity index (χ4n) is 2.21. The van der Waals surface area contributed by atoms with Gasteiger partial charge in [0.15, 0.2) is 0 Å². The standard InChI is InChI=1S/C16H25F2N/c1-6-9-19-13(10-16(3,4)5)14-12(17)8-7-11(2)15(14)18/h7-8,13,19H,6,9-10H2,1-5H3. The lowest BCUT2D eigenvalue weighted by Gasteiger charge is -2.28. The van der Waals surface area contributed by atoms with E-state index in [4.69, 9.17) is 0 Å². The van der Waals surface area contributed by atoms with Crippen LogP contribution in [0.15, 0.2) is 12.1 Å². The van der Waals surface area contributed by atoms with E-state index >= 15 is 0 Å². The number of nitrogens with one attached hydrogen (secondary N) is 1. The summed E-state index contributed by atoms with van der Waals surface area (Å²) in [6.45, 7) is 10.7. The molecule has 0 bridgehead atoms. The van der Waals surface area contributed by atoms with E-state index in [1.165, 1.54) is 12.1 Å². The molecule has 1 aromatic rings. The summed E-state index contributed by atoms with van der Waals surface area (Å²) in [6, 6.07) is 2.57. The first-order valence-corrected chi connectivity index (χ1v) is 6.94. The minimum Gasteiger partial charge on any atom is -0.310 e. The largest absolute Gasteiger partial charge is 0.310 e. The van der Waals surface area contributed by atoms with E-state index in [0.717, 1.165) is 13.0 Å². The van der Waals surface area contributed by atoms with Crippen LogP contribution in [0.4, 0.5) is 8.78 Å². The fraction of sp³-hybridized carbons (Fsp3) is 0.625. The van der Waals surface area contributed by atoms with Crippen molar-refractivity contribution < 1.29 is 8.78 Å². The number of hydrogen-bond acceptors (Lipinski definition) is 1. The fourth-order valence-corrected chi connectivity index (χ4v) is 2.21. The van der Waals surface area contributed by atoms with Crippen LogP contribution in [0.3, 0.4) is 0 Å². The van der Waals surface area contributed by atoms with Crippen molar-refractivity contribution in [3.63, 3.8) is 0 Å². The van der Waals surface area contributed by atoms with Crippen LogP contribution in [0.1, 0.15) is 57.7 Å². The number of hydrogen-bond donors (Lipinski definition) is 1. The lowest BCUT2D eigenvalue weighted by atomic mass is 9.84. The highest BCUT2D eigenvalue weighted by atomic mass is 19.1. The van der Waals surface area contributed by atoms with E-state index in [1.54, 1.807) is 6.92 Å². The minimum atomic E-state index is -0.457. The Balaban J connectivity index is 3.13. The molecular weight excluding hydrogens is 244 g/mol. The molecule has 0 heterocycles. The summed E-state index contributed by atoms with van der Waals surface area (Å²) in [6.07, 6.45) is 1.64. The van der Waals surface area contributed by atoms with Crippen LogP contribution < -0.4 is 5.32 Å². The summed E-state index contributed by atoms with van der Waals surface area (Å²) in [5.41, 5.74) is 0.686. The Labute approximate surface area is 115 Å². The molecule has 0 fully saturated rings. The highest BCUT2D eigenvalue weighted by Gasteiger charge is 2.25. The first-order valence-electron chi connectivity index (χ1n) is 6.94. The molecule has 1 atom stereocenters. The third-order valence-electron chi connectivity index (χ3n) is 3.13. The van der Waals surface area contributed by atoms with Crippen molar-refractivity contribution in [3.8, 4) is 0 Å². The summed E-state index contributed by atoms with van der Waals surface area (Å²) < 4.78 is 28.2. The highest BCUT2D eigenvalue weighted by Crippen LogP contribution is 2.33. The topological polar surface area (TPSA) is 12.0 Å². The van der Waals surface area contributed by atoms with Crippen LogP contribution >= 0.6 is 0 Å². The summed E-state index contributed by atoms with van der Waals surface area (Å²) in [4.78, 5) is 0. The van der Waals surface area contributed by atoms with Gasteiger partial charge in [-0.25, -0.2) is 8.78 Å². The van der Waals surface area contributed by atoms with Gasteiger partial charge in [-0.3, -0.25) is 0 Å². The Morgan fingerprint density at radius 3 is 2.37 bits per heavy atom. The third-order valence-corrected chi connectivity index (χ3v) is 3.13. The maximum absolute atomic E-state index is 14.2. The van der Waals surface area contributed by atoms with Gasteiger partial charge in [-0.15, -0.1) is 0 Å². The van der Waals surface area contributed by atoms with Crippen molar-refractivity contribution in [2.24, 2.45) is 5.41 Å². The van der Waals surface area contributed by atoms with Gasteiger partial charge in [0.25, 0.3) is 0 Å². The molecule has 0 saturated carbocycles. The second kappa shape index (κ2) is 6.47. The van der Waals surface area contributed by atoms with Crippen molar-refractivity contribution in [2.75, 3.05) is 6.54 Å². The van der Waals surface area contributed by atoms with Crippen LogP contribution in [0.2, 0.25) is 0 Å². The Kier molecular flexibility index (Phi) is 5.48. The van der Waals surface area contributed by atoms with Gasteiger partial charge < -0.3 is 5.32 Å². The van der Waals surface area contributed by atoms with Crippen LogP contribution in [0.25, 0.3) is 0 Å². The molecular formula is C16H25F2N. The molecule has 108 valence electrons. The van der Waals surface area contributed by atoms with E-state index in [-0.39, 0.29) is 17.0 Å². The highest BCUT2D eigenvalue weighted by molar-refractivity contribution is 5.29. The molecule has 1 N–H and O–H groups in total. The van der Waals surface area contributed by atoms with Crippen molar-refractivity contribution in [1.82, 2.24) is 5.32 Å². The van der Waals surface area contributed by atoms with Crippen molar-refractivity contribution >= 4 is 0 Å². The van der Waals surface area contributed by atoms with Gasteiger partial charge in [0.1, 0.15) is 11.6 Å². The SMILES string of the molecule is CCCNC(CC(C)(C)C)c1c(F)ccc(C)c1F. The Morgan fingerprint density at radius 1 is 1.21 bits per heavy atom. The number of aryl methyl sites for hydroxylation is 1. The predicted molar refractivity (Wildman–Crippen MR) is 76.2 cm³/mol. The van der Waals surface area contributed by atoms with Crippen molar-refractivity contribution in [3.05, 3.63) is 34.9 Å². The Hall–Kier alpha value is -0.960. The molecule has 3 heteroatoms. The zero-order chi connectivity index (χ0) is 14.6. The maximum atomic E-state index is 14.2. The minimum absolute atomic E-state index is 0.00797. The van der Waals surface area contributed by atoms with Crippen LogP contribution in [-0.2, 0) is 0 Å². The van der Waals surface area contributed by atoms with Gasteiger partial charge in [0.05, 0.1) is 0 Å². The van der Waals surface area contributed by atoms with Gasteiger partial charge in [-0.2, -0.15) is 0 Å². The lowest BCUT2D eigenvalue weighted by Crippen LogP contribution is -2.28. The van der Waals surface area contributed by atoms with Crippen LogP contribution in [-0.4, -0.2) is 6.54 Å². The van der Waals surface area contributed by atoms with Crippen LogP contribution in [0, 0.1) is 24.0 Å². The van der Waals surface area contributed by atoms with E-state index in [0.29, 0.717) is 12.0 Å². The Bertz CT molecular complexity index is 421. The second-order valence-electron chi connectivity index (χ2n) is 6.36. The van der Waals surface area contributed by atoms with Crippen molar-refractivity contribution in [1.29, 1.82) is 0 Å². The third kappa shape index (κ3) is 4.57. The summed E-state index contributed by atoms with van der Waals surface area (Å²) in [7, 11) is 0. The first kappa shape index (κ1) is 16.1. The first-order chi connectivity index (χ1) is 8.76. The normalized spacial score (nSPS) is 13.6. The molecule has 0 aliphatic rings. The summed E-state index contributed by atoms with van der Waals surface area (Å²) in [5.74, 6) is -0.876. The lowest BCUT2D eigenvalue weighted by molar-refractivity contribution is 0.301. The van der Waals surface area contributed by atoms with Gasteiger partial charge in [-0.05, 0) is 43.4 Å². The molecule has 0 aliphatic heterocycles. The molecule has 0 spiro atoms. The molecule has 0 aromatic heterocycles. The molecule has 1 aromatic carbocycles. The van der Waals surface area contributed by atoms with Crippen LogP contribution in [0.5, 0.6) is 0 Å². The molecule has 0 saturated heterocycles. The zero-order valence-corrected chi connectivity index (χ0v) is 12.6. The quantitative estimate of drug-likeness (QED) is 0.813. The molecule has 0 radical (unpaired) electrons. The molecule has 1 unspecified atom stereocenters. The summed E-state index contributed by atoms with van der Waals surface area (Å²) in [5, 5.41) is 3.27. The molecule has 1 nitrogen and oxygen atoms in total. The Morgan fingerprint density at radius 2 is 1.84 bits per heavy atom. The van der Waals surface area contributed by atoms with E-state index in [9.17, 15) is 8.78 Å². The van der Waals surface area contributed by atoms with Gasteiger partial charge in [0.2, 0.25) is 0 Å². The van der Waals surface area contributed by atoms with Gasteiger partial charge in [0, 0.05) is 11.6 Å². The smallest absolute Gasteiger partial charge is 0.133 e. The van der Waals surface area contributed by atoms with E-state index in [2.05, 4.69) is 26.1 Å². The van der Waals surface area contributed by atoms with E-state index in [1.807, 2.05) is 6.92 Å². The zero-order valence-electron chi connectivity index (χ0n) is 12.6. The average molecular weight is 269 g/mol. The molecule has 1 rings (SSSR count). The van der Waals surface area contributed by atoms with Crippen molar-refractivity contribution in [2.45, 2.75) is 53.5 Å². The molecule has 19 heavy (non-hydrogen) atoms. The summed E-state index contributed by atoms with van der Waals surface area (Å²) >= 11 is 0. The number of rotatable bonds is 5. The molecule has 0 amide bonds. The van der Waals surface area contributed by atoms with Gasteiger partial charge >= 0.3 is 0 Å². The van der Waals surface area contributed by atoms with E-state index < -0.39 is 11.6 Å². The monoisotopic (exact) mass is 269 g/mol. The number of benzene rings is 1. The van der Waals surface area contributed by atoms with Gasteiger partial charge in [-0.1, -0.05) is 33.8 Å². The predicted octanol–water partition coefficient (Wildman–Crippen LogP) is 4.75.